The van der Waals surface area contributed by atoms with Gasteiger partial charge in [-0.15, -0.1) is 0 Å². The zero-order valence-electron chi connectivity index (χ0n) is 9.51. The van der Waals surface area contributed by atoms with Crippen molar-refractivity contribution in [3.63, 3.8) is 0 Å². The smallest absolute Gasteiger partial charge is 0.382 e. The zero-order chi connectivity index (χ0) is 13.9. The third-order valence-corrected chi connectivity index (χ3v) is 2.67. The van der Waals surface area contributed by atoms with Crippen LogP contribution in [0.25, 0.3) is 0 Å². The highest BCUT2D eigenvalue weighted by molar-refractivity contribution is 6.31. The summed E-state index contributed by atoms with van der Waals surface area (Å²) in [5, 5.41) is 9.03. The van der Waals surface area contributed by atoms with Gasteiger partial charge in [0.25, 0.3) is 0 Å². The summed E-state index contributed by atoms with van der Waals surface area (Å²) in [6.45, 7) is -0.483. The molecule has 18 heavy (non-hydrogen) atoms. The van der Waals surface area contributed by atoms with Crippen molar-refractivity contribution in [3.8, 4) is 0 Å². The van der Waals surface area contributed by atoms with E-state index in [9.17, 15) is 17.6 Å². The summed E-state index contributed by atoms with van der Waals surface area (Å²) >= 11 is 5.75. The number of hydrogen-bond acceptors (Lipinski definition) is 2. The van der Waals surface area contributed by atoms with E-state index in [2.05, 4.69) is 0 Å². The topological polar surface area (TPSA) is 23.5 Å². The molecule has 0 saturated heterocycles. The monoisotopic (exact) mass is 285 g/mol. The number of nitrogens with zero attached hydrogens (tertiary/aromatic N) is 1. The maximum absolute atomic E-state index is 12.8. The first-order valence-corrected chi connectivity index (χ1v) is 5.45. The van der Waals surface area contributed by atoms with Crippen LogP contribution in [0.1, 0.15) is 5.56 Å². The van der Waals surface area contributed by atoms with Gasteiger partial charge in [-0.1, -0.05) is 17.7 Å². The molecule has 0 fully saturated rings. The van der Waals surface area contributed by atoms with E-state index in [1.165, 1.54) is 24.1 Å². The SMILES string of the molecule is CN(Cc1ccc(F)cc1Cl)CC(O)C(F)(F)F. The average Bonchev–Trinajstić information content (AvgIpc) is 2.20. The van der Waals surface area contributed by atoms with E-state index in [1.54, 1.807) is 0 Å². The Labute approximate surface area is 107 Å². The van der Waals surface area contributed by atoms with Gasteiger partial charge in [-0.05, 0) is 24.7 Å². The van der Waals surface area contributed by atoms with Crippen LogP contribution in [0.15, 0.2) is 18.2 Å². The summed E-state index contributed by atoms with van der Waals surface area (Å²) in [6, 6.07) is 3.66. The molecule has 0 spiro atoms. The standard InChI is InChI=1S/C11H12ClF4NO/c1-17(6-10(18)11(14,15)16)5-7-2-3-8(13)4-9(7)12/h2-4,10,18H,5-6H2,1H3. The molecule has 2 nitrogen and oxygen atoms in total. The van der Waals surface area contributed by atoms with Gasteiger partial charge in [-0.3, -0.25) is 4.90 Å². The normalized spacial score (nSPS) is 14.0. The first-order valence-electron chi connectivity index (χ1n) is 5.07. The molecule has 1 atom stereocenters. The molecule has 1 N–H and O–H groups in total. The van der Waals surface area contributed by atoms with Gasteiger partial charge in [0.1, 0.15) is 5.82 Å². The van der Waals surface area contributed by atoms with Crippen LogP contribution in [0, 0.1) is 5.82 Å². The molecule has 102 valence electrons. The second-order valence-electron chi connectivity index (χ2n) is 3.99. The molecular weight excluding hydrogens is 274 g/mol. The molecule has 0 aliphatic carbocycles. The van der Waals surface area contributed by atoms with Crippen LogP contribution in [0.4, 0.5) is 17.6 Å². The molecule has 0 aliphatic heterocycles. The Morgan fingerprint density at radius 1 is 1.39 bits per heavy atom. The van der Waals surface area contributed by atoms with Gasteiger partial charge in [0.15, 0.2) is 6.10 Å². The third kappa shape index (κ3) is 4.44. The molecule has 1 aromatic carbocycles. The number of aliphatic hydroxyl groups excluding tert-OH is 1. The summed E-state index contributed by atoms with van der Waals surface area (Å²) < 4.78 is 49.1. The Hall–Kier alpha value is -0.850. The fourth-order valence-electron chi connectivity index (χ4n) is 1.40. The number of halogens is 5. The average molecular weight is 286 g/mol. The molecular formula is C11H12ClF4NO. The summed E-state index contributed by atoms with van der Waals surface area (Å²) in [4.78, 5) is 1.26. The molecule has 0 bridgehead atoms. The Balaban J connectivity index is 2.62. The molecule has 7 heteroatoms. The minimum absolute atomic E-state index is 0.0895. The Morgan fingerprint density at radius 2 is 2.00 bits per heavy atom. The van der Waals surface area contributed by atoms with E-state index < -0.39 is 24.6 Å². The fourth-order valence-corrected chi connectivity index (χ4v) is 1.63. The van der Waals surface area contributed by atoms with Gasteiger partial charge in [0.2, 0.25) is 0 Å². The first kappa shape index (κ1) is 15.2. The minimum Gasteiger partial charge on any atom is -0.382 e. The van der Waals surface area contributed by atoms with Crippen LogP contribution in [0.2, 0.25) is 5.02 Å². The summed E-state index contributed by atoms with van der Waals surface area (Å²) in [6.07, 6.45) is -7.07. The van der Waals surface area contributed by atoms with Crippen molar-refractivity contribution in [2.24, 2.45) is 0 Å². The second-order valence-corrected chi connectivity index (χ2v) is 4.40. The van der Waals surface area contributed by atoms with Crippen molar-refractivity contribution in [3.05, 3.63) is 34.6 Å². The third-order valence-electron chi connectivity index (χ3n) is 2.32. The van der Waals surface area contributed by atoms with Crippen LogP contribution in [0.5, 0.6) is 0 Å². The highest BCUT2D eigenvalue weighted by atomic mass is 35.5. The molecule has 0 aromatic heterocycles. The Morgan fingerprint density at radius 3 is 2.50 bits per heavy atom. The Bertz CT molecular complexity index is 411. The maximum atomic E-state index is 12.8. The van der Waals surface area contributed by atoms with Gasteiger partial charge < -0.3 is 5.11 Å². The molecule has 0 aliphatic rings. The second kappa shape index (κ2) is 5.86. The Kier molecular flexibility index (Phi) is 4.95. The van der Waals surface area contributed by atoms with Crippen LogP contribution >= 0.6 is 11.6 Å². The molecule has 1 rings (SSSR count). The highest BCUT2D eigenvalue weighted by Crippen LogP contribution is 2.22. The number of alkyl halides is 3. The van der Waals surface area contributed by atoms with Crippen molar-refractivity contribution in [1.82, 2.24) is 4.90 Å². The van der Waals surface area contributed by atoms with E-state index in [1.807, 2.05) is 0 Å². The largest absolute Gasteiger partial charge is 0.415 e. The maximum Gasteiger partial charge on any atom is 0.415 e. The van der Waals surface area contributed by atoms with Gasteiger partial charge in [-0.2, -0.15) is 13.2 Å². The highest BCUT2D eigenvalue weighted by Gasteiger charge is 2.38. The van der Waals surface area contributed by atoms with Gasteiger partial charge >= 0.3 is 6.18 Å². The zero-order valence-corrected chi connectivity index (χ0v) is 10.3. The summed E-state index contributed by atoms with van der Waals surface area (Å²) in [7, 11) is 1.41. The van der Waals surface area contributed by atoms with Gasteiger partial charge in [-0.25, -0.2) is 4.39 Å². The van der Waals surface area contributed by atoms with Crippen molar-refractivity contribution < 1.29 is 22.7 Å². The molecule has 0 radical (unpaired) electrons. The number of benzene rings is 1. The lowest BCUT2D eigenvalue weighted by Crippen LogP contribution is -2.39. The minimum atomic E-state index is -4.65. The van der Waals surface area contributed by atoms with Gasteiger partial charge in [0, 0.05) is 18.1 Å². The lowest BCUT2D eigenvalue weighted by molar-refractivity contribution is -0.207. The lowest BCUT2D eigenvalue weighted by Gasteiger charge is -2.22. The molecule has 1 aromatic rings. The first-order chi connectivity index (χ1) is 8.20. The van der Waals surface area contributed by atoms with E-state index in [-0.39, 0.29) is 11.6 Å². The molecule has 0 amide bonds. The number of hydrogen-bond donors (Lipinski definition) is 1. The van der Waals surface area contributed by atoms with Crippen LogP contribution < -0.4 is 0 Å². The number of likely N-dealkylation sites (N-methyl/N-ethyl adjacent to an activating group) is 1. The van der Waals surface area contributed by atoms with E-state index in [0.29, 0.717) is 5.56 Å². The predicted molar refractivity (Wildman–Crippen MR) is 59.8 cm³/mol. The van der Waals surface area contributed by atoms with Crippen molar-refractivity contribution in [2.75, 3.05) is 13.6 Å². The van der Waals surface area contributed by atoms with Crippen LogP contribution in [-0.2, 0) is 6.54 Å². The van der Waals surface area contributed by atoms with E-state index in [0.717, 1.165) is 6.07 Å². The van der Waals surface area contributed by atoms with Crippen molar-refractivity contribution >= 4 is 11.6 Å². The quantitative estimate of drug-likeness (QED) is 0.860. The number of aliphatic hydroxyl groups is 1. The van der Waals surface area contributed by atoms with Gasteiger partial charge in [0.05, 0.1) is 0 Å². The van der Waals surface area contributed by atoms with E-state index >= 15 is 0 Å². The molecule has 0 saturated carbocycles. The van der Waals surface area contributed by atoms with Crippen LogP contribution in [0.3, 0.4) is 0 Å². The van der Waals surface area contributed by atoms with Crippen LogP contribution in [-0.4, -0.2) is 35.9 Å². The van der Waals surface area contributed by atoms with E-state index in [4.69, 9.17) is 16.7 Å². The lowest BCUT2D eigenvalue weighted by atomic mass is 10.2. The van der Waals surface area contributed by atoms with Crippen molar-refractivity contribution in [2.45, 2.75) is 18.8 Å². The van der Waals surface area contributed by atoms with Crippen molar-refractivity contribution in [1.29, 1.82) is 0 Å². The molecule has 0 heterocycles. The molecule has 1 unspecified atom stereocenters. The summed E-state index contributed by atoms with van der Waals surface area (Å²) in [5.74, 6) is -0.512. The fraction of sp³-hybridized carbons (Fsp3) is 0.455. The number of rotatable bonds is 4. The summed E-state index contributed by atoms with van der Waals surface area (Å²) in [5.41, 5.74) is 0.495. The predicted octanol–water partition coefficient (Wildman–Crippen LogP) is 2.83.